The Kier molecular flexibility index (Phi) is 2.52. The Labute approximate surface area is 119 Å². The van der Waals surface area contributed by atoms with Crippen LogP contribution in [0.1, 0.15) is 12.6 Å². The lowest BCUT2D eigenvalue weighted by molar-refractivity contribution is -0.0526. The first kappa shape index (κ1) is 12.9. The molecule has 0 aromatic carbocycles. The summed E-state index contributed by atoms with van der Waals surface area (Å²) in [6.45, 7) is 0.413. The van der Waals surface area contributed by atoms with Crippen molar-refractivity contribution in [3.05, 3.63) is 12.7 Å². The molecule has 6 N–H and O–H groups in total. The Morgan fingerprint density at radius 2 is 2.19 bits per heavy atom. The molecule has 5 atom stereocenters. The highest BCUT2D eigenvalue weighted by molar-refractivity contribution is 5.81. The molecule has 2 aromatic heterocycles. The topological polar surface area (TPSA) is 145 Å². The average Bonchev–Trinajstić information content (AvgIpc) is 2.94. The van der Waals surface area contributed by atoms with Crippen LogP contribution in [0.5, 0.6) is 0 Å². The van der Waals surface area contributed by atoms with E-state index < -0.39 is 24.0 Å². The second-order valence-corrected chi connectivity index (χ2v) is 5.62. The van der Waals surface area contributed by atoms with Gasteiger partial charge in [0.2, 0.25) is 0 Å². The highest BCUT2D eigenvalue weighted by atomic mass is 16.6. The molecule has 21 heavy (non-hydrogen) atoms. The van der Waals surface area contributed by atoms with Crippen LogP contribution in [0.3, 0.4) is 0 Å². The van der Waals surface area contributed by atoms with Crippen LogP contribution in [-0.4, -0.2) is 54.1 Å². The summed E-state index contributed by atoms with van der Waals surface area (Å²) in [6, 6.07) is 0. The first-order valence-electron chi connectivity index (χ1n) is 6.75. The Morgan fingerprint density at radius 1 is 1.38 bits per heavy atom. The predicted octanol–water partition coefficient (Wildman–Crippen LogP) is -1.62. The molecule has 9 heteroatoms. The van der Waals surface area contributed by atoms with Crippen LogP contribution in [0.2, 0.25) is 0 Å². The summed E-state index contributed by atoms with van der Waals surface area (Å²) in [4.78, 5) is 12.1. The van der Waals surface area contributed by atoms with Gasteiger partial charge in [0, 0.05) is 5.92 Å². The number of imidazole rings is 1. The normalized spacial score (nSPS) is 38.4. The standard InChI is InChI=1S/C12H16N6O3/c13-2-5-1-12(5)8(20)7(19)11(21-12)18-4-17-6-9(14)15-3-16-10(6)18/h3-5,7-8,11,19-20H,1-2,13H2,(H2,14,15,16)/t5-,7+,8?,11?,12+/m1/s1. The zero-order valence-corrected chi connectivity index (χ0v) is 11.1. The van der Waals surface area contributed by atoms with Crippen LogP contribution in [0.15, 0.2) is 12.7 Å². The number of hydrogen-bond donors (Lipinski definition) is 4. The number of rotatable bonds is 2. The van der Waals surface area contributed by atoms with Gasteiger partial charge < -0.3 is 26.4 Å². The molecule has 0 radical (unpaired) electrons. The minimum absolute atomic E-state index is 0.0571. The summed E-state index contributed by atoms with van der Waals surface area (Å²) in [6.07, 6.45) is 0.624. The number of aliphatic hydroxyl groups is 2. The summed E-state index contributed by atoms with van der Waals surface area (Å²) in [5, 5.41) is 20.6. The first-order chi connectivity index (χ1) is 10.1. The fourth-order valence-electron chi connectivity index (χ4n) is 3.20. The molecule has 112 valence electrons. The molecule has 4 rings (SSSR count). The van der Waals surface area contributed by atoms with E-state index in [1.54, 1.807) is 4.57 Å². The van der Waals surface area contributed by atoms with Crippen LogP contribution in [0.4, 0.5) is 5.82 Å². The monoisotopic (exact) mass is 292 g/mol. The number of nitrogens with zero attached hydrogens (tertiary/aromatic N) is 4. The molecule has 2 fully saturated rings. The van der Waals surface area contributed by atoms with Crippen LogP contribution in [0.25, 0.3) is 11.2 Å². The summed E-state index contributed by atoms with van der Waals surface area (Å²) in [5.74, 6) is 0.314. The Balaban J connectivity index is 1.75. The lowest BCUT2D eigenvalue weighted by Gasteiger charge is -2.16. The maximum Gasteiger partial charge on any atom is 0.167 e. The third kappa shape index (κ3) is 1.57. The van der Waals surface area contributed by atoms with Crippen molar-refractivity contribution in [1.29, 1.82) is 0 Å². The van der Waals surface area contributed by atoms with Crippen LogP contribution in [0, 0.1) is 5.92 Å². The molecule has 0 amide bonds. The third-order valence-electron chi connectivity index (χ3n) is 4.50. The molecule has 2 unspecified atom stereocenters. The molecule has 1 spiro atoms. The maximum atomic E-state index is 10.3. The van der Waals surface area contributed by atoms with E-state index in [-0.39, 0.29) is 11.7 Å². The van der Waals surface area contributed by atoms with Crippen molar-refractivity contribution < 1.29 is 14.9 Å². The Hall–Kier alpha value is -1.81. The first-order valence-corrected chi connectivity index (χ1v) is 6.75. The number of ether oxygens (including phenoxy) is 1. The third-order valence-corrected chi connectivity index (χ3v) is 4.50. The second kappa shape index (κ2) is 4.10. The van der Waals surface area contributed by atoms with Gasteiger partial charge in [-0.15, -0.1) is 0 Å². The number of fused-ring (bicyclic) bond motifs is 1. The zero-order valence-electron chi connectivity index (χ0n) is 11.1. The van der Waals surface area contributed by atoms with E-state index >= 15 is 0 Å². The molecule has 2 aromatic rings. The minimum atomic E-state index is -1.07. The van der Waals surface area contributed by atoms with E-state index in [1.807, 2.05) is 0 Å². The summed E-state index contributed by atoms with van der Waals surface area (Å²) in [5.41, 5.74) is 11.5. The Bertz CT molecular complexity index is 705. The Morgan fingerprint density at radius 3 is 2.90 bits per heavy atom. The van der Waals surface area contributed by atoms with Gasteiger partial charge in [-0.2, -0.15) is 0 Å². The van der Waals surface area contributed by atoms with Gasteiger partial charge in [-0.25, -0.2) is 15.0 Å². The van der Waals surface area contributed by atoms with E-state index in [1.165, 1.54) is 12.7 Å². The summed E-state index contributed by atoms with van der Waals surface area (Å²) >= 11 is 0. The SMILES string of the molecule is NC[C@H]1C[C@]12OC(n1cnc3c(N)ncnc31)[C@@H](O)C2O. The molecular formula is C12H16N6O3. The molecule has 1 aliphatic heterocycles. The molecule has 1 saturated carbocycles. The molecule has 3 heterocycles. The van der Waals surface area contributed by atoms with Crippen LogP contribution >= 0.6 is 0 Å². The number of nitrogen functional groups attached to an aromatic ring is 1. The van der Waals surface area contributed by atoms with Crippen LogP contribution in [-0.2, 0) is 4.74 Å². The maximum absolute atomic E-state index is 10.3. The van der Waals surface area contributed by atoms with Gasteiger partial charge in [0.1, 0.15) is 29.7 Å². The van der Waals surface area contributed by atoms with Crippen molar-refractivity contribution in [2.24, 2.45) is 11.7 Å². The number of aliphatic hydroxyl groups excluding tert-OH is 2. The molecular weight excluding hydrogens is 276 g/mol. The quantitative estimate of drug-likeness (QED) is 0.516. The summed E-state index contributed by atoms with van der Waals surface area (Å²) < 4.78 is 7.49. The van der Waals surface area contributed by atoms with Crippen molar-refractivity contribution in [1.82, 2.24) is 19.5 Å². The van der Waals surface area contributed by atoms with Crippen molar-refractivity contribution in [2.45, 2.75) is 30.5 Å². The van der Waals surface area contributed by atoms with Gasteiger partial charge in [0.25, 0.3) is 0 Å². The molecule has 9 nitrogen and oxygen atoms in total. The van der Waals surface area contributed by atoms with Crippen LogP contribution < -0.4 is 11.5 Å². The lowest BCUT2D eigenvalue weighted by atomic mass is 10.1. The van der Waals surface area contributed by atoms with Gasteiger partial charge in [-0.05, 0) is 13.0 Å². The zero-order chi connectivity index (χ0) is 14.8. The average molecular weight is 292 g/mol. The smallest absolute Gasteiger partial charge is 0.167 e. The molecule has 1 aliphatic carbocycles. The fourth-order valence-corrected chi connectivity index (χ4v) is 3.20. The van der Waals surface area contributed by atoms with Gasteiger partial charge in [0.15, 0.2) is 17.7 Å². The highest BCUT2D eigenvalue weighted by Crippen LogP contribution is 2.57. The number of aromatic nitrogens is 4. The fraction of sp³-hybridized carbons (Fsp3) is 0.583. The lowest BCUT2D eigenvalue weighted by Crippen LogP contribution is -2.34. The van der Waals surface area contributed by atoms with Gasteiger partial charge in [0.05, 0.1) is 6.33 Å². The van der Waals surface area contributed by atoms with Crippen molar-refractivity contribution in [3.63, 3.8) is 0 Å². The predicted molar refractivity (Wildman–Crippen MR) is 71.8 cm³/mol. The largest absolute Gasteiger partial charge is 0.387 e. The van der Waals surface area contributed by atoms with Gasteiger partial charge in [-0.3, -0.25) is 4.57 Å². The van der Waals surface area contributed by atoms with Gasteiger partial charge >= 0.3 is 0 Å². The van der Waals surface area contributed by atoms with E-state index in [0.717, 1.165) is 0 Å². The number of anilines is 1. The summed E-state index contributed by atoms with van der Waals surface area (Å²) in [7, 11) is 0. The van der Waals surface area contributed by atoms with Crippen molar-refractivity contribution >= 4 is 17.0 Å². The second-order valence-electron chi connectivity index (χ2n) is 5.62. The van der Waals surface area contributed by atoms with E-state index in [2.05, 4.69) is 15.0 Å². The molecule has 1 saturated heterocycles. The van der Waals surface area contributed by atoms with Crippen molar-refractivity contribution in [3.8, 4) is 0 Å². The highest BCUT2D eigenvalue weighted by Gasteiger charge is 2.68. The van der Waals surface area contributed by atoms with Crippen molar-refractivity contribution in [2.75, 3.05) is 12.3 Å². The van der Waals surface area contributed by atoms with Gasteiger partial charge in [-0.1, -0.05) is 0 Å². The van der Waals surface area contributed by atoms with E-state index in [0.29, 0.717) is 24.1 Å². The molecule has 0 bridgehead atoms. The van der Waals surface area contributed by atoms with E-state index in [4.69, 9.17) is 16.2 Å². The molecule has 2 aliphatic rings. The number of hydrogen-bond acceptors (Lipinski definition) is 8. The van der Waals surface area contributed by atoms with E-state index in [9.17, 15) is 10.2 Å². The minimum Gasteiger partial charge on any atom is -0.387 e. The number of nitrogens with two attached hydrogens (primary N) is 2.